The number of amides is 2. The Hall–Kier alpha value is -2.87. The van der Waals surface area contributed by atoms with Gasteiger partial charge in [0.1, 0.15) is 12.6 Å². The summed E-state index contributed by atoms with van der Waals surface area (Å²) in [7, 11) is -3.10. The van der Waals surface area contributed by atoms with Crippen LogP contribution in [-0.2, 0) is 38.3 Å². The van der Waals surface area contributed by atoms with Crippen molar-refractivity contribution in [3.8, 4) is 0 Å². The first-order chi connectivity index (χ1) is 14.7. The molecule has 0 radical (unpaired) electrons. The fourth-order valence-corrected chi connectivity index (χ4v) is 3.75. The van der Waals surface area contributed by atoms with Gasteiger partial charge in [-0.15, -0.1) is 0 Å². The number of benzene rings is 2. The zero-order valence-electron chi connectivity index (χ0n) is 18.1. The molecule has 168 valence electrons. The Morgan fingerprint density at radius 2 is 1.58 bits per heavy atom. The summed E-state index contributed by atoms with van der Waals surface area (Å²) in [5, 5.41) is 5.50. The van der Waals surface area contributed by atoms with Crippen LogP contribution in [0.1, 0.15) is 37.0 Å². The van der Waals surface area contributed by atoms with E-state index in [1.807, 2.05) is 44.2 Å². The van der Waals surface area contributed by atoms with Gasteiger partial charge in [0.2, 0.25) is 5.91 Å². The molecule has 0 aliphatic rings. The number of carbonyl (C=O) groups is 2. The molecule has 0 unspecified atom stereocenters. The van der Waals surface area contributed by atoms with E-state index in [4.69, 9.17) is 4.74 Å². The standard InChI is InChI=1S/C23H30N2O5S/c1-4-17(2)21(25-23(27)30-15-19-8-6-5-7-9-19)22(26)24-14-18-10-12-20(13-11-18)16-31(3,28)29/h5-13,17,21H,4,14-16H2,1-3H3,(H,24,26)(H,25,27)/t17-,21-/m0/s1. The number of carbonyl (C=O) groups excluding carboxylic acids is 2. The molecular weight excluding hydrogens is 416 g/mol. The van der Waals surface area contributed by atoms with Crippen LogP contribution in [0.25, 0.3) is 0 Å². The number of ether oxygens (including phenoxy) is 1. The van der Waals surface area contributed by atoms with Gasteiger partial charge in [0.05, 0.1) is 5.75 Å². The predicted octanol–water partition coefficient (Wildman–Crippen LogP) is 3.19. The minimum absolute atomic E-state index is 0.0231. The topological polar surface area (TPSA) is 102 Å². The quantitative estimate of drug-likeness (QED) is 0.584. The van der Waals surface area contributed by atoms with E-state index in [0.717, 1.165) is 11.1 Å². The van der Waals surface area contributed by atoms with Gasteiger partial charge in [-0.2, -0.15) is 0 Å². The van der Waals surface area contributed by atoms with Crippen molar-refractivity contribution in [1.82, 2.24) is 10.6 Å². The van der Waals surface area contributed by atoms with Crippen molar-refractivity contribution in [1.29, 1.82) is 0 Å². The fraction of sp³-hybridized carbons (Fsp3) is 0.391. The van der Waals surface area contributed by atoms with Crippen molar-refractivity contribution in [2.24, 2.45) is 5.92 Å². The zero-order valence-corrected chi connectivity index (χ0v) is 18.9. The van der Waals surface area contributed by atoms with Crippen LogP contribution < -0.4 is 10.6 Å². The van der Waals surface area contributed by atoms with Gasteiger partial charge in [-0.05, 0) is 22.6 Å². The van der Waals surface area contributed by atoms with Crippen LogP contribution in [-0.4, -0.2) is 32.7 Å². The van der Waals surface area contributed by atoms with Crippen LogP contribution in [0.2, 0.25) is 0 Å². The van der Waals surface area contributed by atoms with E-state index in [1.54, 1.807) is 24.3 Å². The normalized spacial score (nSPS) is 13.1. The third-order valence-electron chi connectivity index (χ3n) is 4.90. The lowest BCUT2D eigenvalue weighted by atomic mass is 9.98. The van der Waals surface area contributed by atoms with E-state index in [9.17, 15) is 18.0 Å². The Kier molecular flexibility index (Phi) is 9.05. The van der Waals surface area contributed by atoms with Crippen LogP contribution in [0.3, 0.4) is 0 Å². The smallest absolute Gasteiger partial charge is 0.408 e. The molecule has 7 nitrogen and oxygen atoms in total. The Labute approximate surface area is 184 Å². The van der Waals surface area contributed by atoms with Gasteiger partial charge < -0.3 is 15.4 Å². The predicted molar refractivity (Wildman–Crippen MR) is 120 cm³/mol. The lowest BCUT2D eigenvalue weighted by Crippen LogP contribution is -2.50. The monoisotopic (exact) mass is 446 g/mol. The second-order valence-corrected chi connectivity index (χ2v) is 9.81. The van der Waals surface area contributed by atoms with Crippen LogP contribution >= 0.6 is 0 Å². The summed E-state index contributed by atoms with van der Waals surface area (Å²) in [5.41, 5.74) is 2.39. The second-order valence-electron chi connectivity index (χ2n) is 7.67. The van der Waals surface area contributed by atoms with E-state index >= 15 is 0 Å². The highest BCUT2D eigenvalue weighted by Gasteiger charge is 2.26. The Morgan fingerprint density at radius 3 is 2.16 bits per heavy atom. The maximum Gasteiger partial charge on any atom is 0.408 e. The molecule has 2 aromatic carbocycles. The summed E-state index contributed by atoms with van der Waals surface area (Å²) in [5.74, 6) is -0.405. The Balaban J connectivity index is 1.91. The number of sulfone groups is 1. The van der Waals surface area contributed by atoms with E-state index in [-0.39, 0.29) is 30.7 Å². The first-order valence-corrected chi connectivity index (χ1v) is 12.2. The fourth-order valence-electron chi connectivity index (χ4n) is 2.95. The minimum Gasteiger partial charge on any atom is -0.445 e. The molecule has 2 N–H and O–H groups in total. The summed E-state index contributed by atoms with van der Waals surface area (Å²) < 4.78 is 28.0. The SMILES string of the molecule is CC[C@H](C)[C@H](NC(=O)OCc1ccccc1)C(=O)NCc1ccc(CS(C)(=O)=O)cc1. The van der Waals surface area contributed by atoms with Gasteiger partial charge in [-0.1, -0.05) is 74.9 Å². The molecular formula is C23H30N2O5S. The number of rotatable bonds is 10. The number of hydrogen-bond acceptors (Lipinski definition) is 5. The van der Waals surface area contributed by atoms with Crippen molar-refractivity contribution in [3.63, 3.8) is 0 Å². The molecule has 0 bridgehead atoms. The van der Waals surface area contributed by atoms with Crippen LogP contribution in [0, 0.1) is 5.92 Å². The highest BCUT2D eigenvalue weighted by Crippen LogP contribution is 2.11. The van der Waals surface area contributed by atoms with Gasteiger partial charge in [0.25, 0.3) is 0 Å². The largest absolute Gasteiger partial charge is 0.445 e. The summed E-state index contributed by atoms with van der Waals surface area (Å²) in [6.07, 6.45) is 1.25. The maximum atomic E-state index is 12.7. The molecule has 8 heteroatoms. The summed E-state index contributed by atoms with van der Waals surface area (Å²) in [6, 6.07) is 15.6. The number of nitrogens with one attached hydrogen (secondary N) is 2. The average Bonchev–Trinajstić information content (AvgIpc) is 2.74. The molecule has 0 aliphatic carbocycles. The molecule has 31 heavy (non-hydrogen) atoms. The zero-order chi connectivity index (χ0) is 22.9. The summed E-state index contributed by atoms with van der Waals surface area (Å²) in [4.78, 5) is 24.9. The van der Waals surface area contributed by atoms with Crippen molar-refractivity contribution < 1.29 is 22.7 Å². The third-order valence-corrected chi connectivity index (χ3v) is 5.76. The molecule has 2 rings (SSSR count). The van der Waals surface area contributed by atoms with Gasteiger partial charge >= 0.3 is 6.09 Å². The summed E-state index contributed by atoms with van der Waals surface area (Å²) >= 11 is 0. The van der Waals surface area contributed by atoms with E-state index in [1.165, 1.54) is 6.26 Å². The third kappa shape index (κ3) is 8.80. The lowest BCUT2D eigenvalue weighted by molar-refractivity contribution is -0.124. The molecule has 2 atom stereocenters. The van der Waals surface area contributed by atoms with Crippen molar-refractivity contribution in [2.75, 3.05) is 6.26 Å². The molecule has 0 fully saturated rings. The van der Waals surface area contributed by atoms with Crippen LogP contribution in [0.4, 0.5) is 4.79 Å². The van der Waals surface area contributed by atoms with Crippen LogP contribution in [0.5, 0.6) is 0 Å². The molecule has 0 heterocycles. The van der Waals surface area contributed by atoms with Crippen molar-refractivity contribution in [2.45, 2.75) is 45.2 Å². The Morgan fingerprint density at radius 1 is 0.968 bits per heavy atom. The van der Waals surface area contributed by atoms with Crippen LogP contribution in [0.15, 0.2) is 54.6 Å². The molecule has 0 spiro atoms. The molecule has 0 saturated carbocycles. The molecule has 2 amide bonds. The lowest BCUT2D eigenvalue weighted by Gasteiger charge is -2.23. The van der Waals surface area contributed by atoms with Crippen molar-refractivity contribution >= 4 is 21.8 Å². The molecule has 0 aromatic heterocycles. The highest BCUT2D eigenvalue weighted by molar-refractivity contribution is 7.89. The highest BCUT2D eigenvalue weighted by atomic mass is 32.2. The molecule has 0 aliphatic heterocycles. The van der Waals surface area contributed by atoms with E-state index < -0.39 is 22.0 Å². The number of hydrogen-bond donors (Lipinski definition) is 2. The van der Waals surface area contributed by atoms with Crippen molar-refractivity contribution in [3.05, 3.63) is 71.3 Å². The van der Waals surface area contributed by atoms with E-state index in [2.05, 4.69) is 10.6 Å². The second kappa shape index (κ2) is 11.5. The van der Waals surface area contributed by atoms with Gasteiger partial charge in [-0.3, -0.25) is 4.79 Å². The van der Waals surface area contributed by atoms with Gasteiger partial charge in [-0.25, -0.2) is 13.2 Å². The van der Waals surface area contributed by atoms with Gasteiger partial charge in [0.15, 0.2) is 9.84 Å². The van der Waals surface area contributed by atoms with Gasteiger partial charge in [0, 0.05) is 12.8 Å². The number of alkyl carbamates (subject to hydrolysis) is 1. The molecule has 0 saturated heterocycles. The first kappa shape index (κ1) is 24.4. The Bertz CT molecular complexity index is 959. The maximum absolute atomic E-state index is 12.7. The summed E-state index contributed by atoms with van der Waals surface area (Å²) in [6.45, 7) is 4.23. The molecule has 2 aromatic rings. The van der Waals surface area contributed by atoms with E-state index in [0.29, 0.717) is 12.0 Å². The minimum atomic E-state index is -3.10. The average molecular weight is 447 g/mol. The first-order valence-electron chi connectivity index (χ1n) is 10.2.